The molecule has 0 fully saturated rings. The minimum absolute atomic E-state index is 0.213. The highest BCUT2D eigenvalue weighted by molar-refractivity contribution is 6.03. The molecule has 0 saturated heterocycles. The van der Waals surface area contributed by atoms with Gasteiger partial charge in [0.1, 0.15) is 0 Å². The fraction of sp³-hybridized carbons (Fsp3) is 0.0588. The van der Waals surface area contributed by atoms with Gasteiger partial charge in [-0.25, -0.2) is 4.68 Å². The predicted octanol–water partition coefficient (Wildman–Crippen LogP) is 1.68. The first-order valence-electron chi connectivity index (χ1n) is 7.27. The number of hydrogen-bond donors (Lipinski definition) is 2. The highest BCUT2D eigenvalue weighted by Gasteiger charge is 2.11. The van der Waals surface area contributed by atoms with Crippen molar-refractivity contribution >= 4 is 17.5 Å². The Kier molecular flexibility index (Phi) is 4.33. The van der Waals surface area contributed by atoms with Crippen molar-refractivity contribution in [3.05, 3.63) is 77.6 Å². The van der Waals surface area contributed by atoms with Gasteiger partial charge in [-0.3, -0.25) is 9.59 Å². The predicted molar refractivity (Wildman–Crippen MR) is 88.5 cm³/mol. The SMILES string of the molecule is NC(=O)c1ccc(NC(=O)c2cn(Cc3ccccc3)nn2)cc1. The summed E-state index contributed by atoms with van der Waals surface area (Å²) < 4.78 is 1.60. The number of aromatic nitrogens is 3. The summed E-state index contributed by atoms with van der Waals surface area (Å²) in [7, 11) is 0. The minimum atomic E-state index is -0.517. The van der Waals surface area contributed by atoms with E-state index in [1.807, 2.05) is 30.3 Å². The van der Waals surface area contributed by atoms with Crippen LogP contribution in [0, 0.1) is 0 Å². The van der Waals surface area contributed by atoms with Gasteiger partial charge in [-0.2, -0.15) is 0 Å². The molecule has 7 heteroatoms. The third-order valence-electron chi connectivity index (χ3n) is 3.39. The van der Waals surface area contributed by atoms with E-state index in [2.05, 4.69) is 15.6 Å². The smallest absolute Gasteiger partial charge is 0.277 e. The molecule has 1 aromatic heterocycles. The molecule has 2 amide bonds. The molecule has 3 aromatic rings. The summed E-state index contributed by atoms with van der Waals surface area (Å²) in [5.41, 5.74) is 7.37. The molecule has 3 rings (SSSR count). The van der Waals surface area contributed by atoms with Crippen LogP contribution < -0.4 is 11.1 Å². The molecule has 120 valence electrons. The van der Waals surface area contributed by atoms with Crippen molar-refractivity contribution in [3.63, 3.8) is 0 Å². The van der Waals surface area contributed by atoms with Gasteiger partial charge in [0.05, 0.1) is 12.7 Å². The molecule has 0 aliphatic carbocycles. The number of primary amides is 1. The van der Waals surface area contributed by atoms with E-state index in [0.29, 0.717) is 17.8 Å². The van der Waals surface area contributed by atoms with E-state index in [0.717, 1.165) is 5.56 Å². The van der Waals surface area contributed by atoms with Gasteiger partial charge >= 0.3 is 0 Å². The zero-order valence-electron chi connectivity index (χ0n) is 12.7. The molecular weight excluding hydrogens is 306 g/mol. The zero-order chi connectivity index (χ0) is 16.9. The Bertz CT molecular complexity index is 856. The van der Waals surface area contributed by atoms with Crippen molar-refractivity contribution in [3.8, 4) is 0 Å². The number of nitrogens with one attached hydrogen (secondary N) is 1. The molecule has 0 aliphatic heterocycles. The summed E-state index contributed by atoms with van der Waals surface area (Å²) >= 11 is 0. The number of rotatable bonds is 5. The van der Waals surface area contributed by atoms with Crippen molar-refractivity contribution < 1.29 is 9.59 Å². The normalized spacial score (nSPS) is 10.3. The highest BCUT2D eigenvalue weighted by Crippen LogP contribution is 2.10. The number of carbonyl (C=O) groups excluding carboxylic acids is 2. The van der Waals surface area contributed by atoms with Crippen LogP contribution in [0.15, 0.2) is 60.8 Å². The minimum Gasteiger partial charge on any atom is -0.366 e. The van der Waals surface area contributed by atoms with E-state index in [9.17, 15) is 9.59 Å². The second kappa shape index (κ2) is 6.74. The molecular formula is C17H15N5O2. The van der Waals surface area contributed by atoms with Gasteiger partial charge in [0.25, 0.3) is 5.91 Å². The third kappa shape index (κ3) is 3.64. The maximum atomic E-state index is 12.2. The van der Waals surface area contributed by atoms with E-state index in [1.54, 1.807) is 35.1 Å². The van der Waals surface area contributed by atoms with Crippen LogP contribution in [0.5, 0.6) is 0 Å². The lowest BCUT2D eigenvalue weighted by molar-refractivity contribution is 0.0998. The first kappa shape index (κ1) is 15.4. The van der Waals surface area contributed by atoms with Crippen LogP contribution in [0.3, 0.4) is 0 Å². The summed E-state index contributed by atoms with van der Waals surface area (Å²) in [6, 6.07) is 16.1. The van der Waals surface area contributed by atoms with Crippen molar-refractivity contribution in [1.82, 2.24) is 15.0 Å². The Morgan fingerprint density at radius 3 is 2.42 bits per heavy atom. The monoisotopic (exact) mass is 321 g/mol. The molecule has 2 aromatic carbocycles. The first-order chi connectivity index (χ1) is 11.6. The molecule has 0 radical (unpaired) electrons. The number of hydrogen-bond acceptors (Lipinski definition) is 4. The topological polar surface area (TPSA) is 103 Å². The molecule has 0 atom stereocenters. The largest absolute Gasteiger partial charge is 0.366 e. The Morgan fingerprint density at radius 2 is 1.75 bits per heavy atom. The van der Waals surface area contributed by atoms with E-state index in [1.165, 1.54) is 0 Å². The van der Waals surface area contributed by atoms with Crippen LogP contribution >= 0.6 is 0 Å². The van der Waals surface area contributed by atoms with Gasteiger partial charge < -0.3 is 11.1 Å². The van der Waals surface area contributed by atoms with Gasteiger partial charge in [0, 0.05) is 11.3 Å². The van der Waals surface area contributed by atoms with Crippen LogP contribution in [0.2, 0.25) is 0 Å². The lowest BCUT2D eigenvalue weighted by Crippen LogP contribution is -2.13. The van der Waals surface area contributed by atoms with E-state index in [4.69, 9.17) is 5.73 Å². The second-order valence-corrected chi connectivity index (χ2v) is 5.18. The van der Waals surface area contributed by atoms with Crippen LogP contribution in [0.25, 0.3) is 0 Å². The molecule has 0 spiro atoms. The molecule has 0 bridgehead atoms. The fourth-order valence-corrected chi connectivity index (χ4v) is 2.16. The Hall–Kier alpha value is -3.48. The van der Waals surface area contributed by atoms with Gasteiger partial charge in [-0.1, -0.05) is 35.5 Å². The number of nitrogens with zero attached hydrogens (tertiary/aromatic N) is 3. The standard InChI is InChI=1S/C17H15N5O2/c18-16(23)13-6-8-14(9-7-13)19-17(24)15-11-22(21-20-15)10-12-4-2-1-3-5-12/h1-9,11H,10H2,(H2,18,23)(H,19,24). The van der Waals surface area contributed by atoms with Gasteiger partial charge in [0.2, 0.25) is 5.91 Å². The molecule has 1 heterocycles. The van der Waals surface area contributed by atoms with Gasteiger partial charge in [-0.15, -0.1) is 5.10 Å². The van der Waals surface area contributed by atoms with Crippen molar-refractivity contribution in [2.24, 2.45) is 5.73 Å². The lowest BCUT2D eigenvalue weighted by atomic mass is 10.2. The maximum absolute atomic E-state index is 12.2. The molecule has 0 unspecified atom stereocenters. The summed E-state index contributed by atoms with van der Waals surface area (Å²) in [6.45, 7) is 0.536. The maximum Gasteiger partial charge on any atom is 0.277 e. The quantitative estimate of drug-likeness (QED) is 0.746. The molecule has 0 saturated carbocycles. The lowest BCUT2D eigenvalue weighted by Gasteiger charge is -2.03. The number of benzene rings is 2. The Balaban J connectivity index is 1.66. The summed E-state index contributed by atoms with van der Waals surface area (Å²) in [5, 5.41) is 10.5. The Labute approximate surface area is 138 Å². The van der Waals surface area contributed by atoms with E-state index < -0.39 is 5.91 Å². The zero-order valence-corrected chi connectivity index (χ0v) is 12.7. The second-order valence-electron chi connectivity index (χ2n) is 5.18. The van der Waals surface area contributed by atoms with Crippen LogP contribution in [0.1, 0.15) is 26.4 Å². The van der Waals surface area contributed by atoms with Gasteiger partial charge in [0.15, 0.2) is 5.69 Å². The molecule has 0 aliphatic rings. The van der Waals surface area contributed by atoms with Crippen molar-refractivity contribution in [2.45, 2.75) is 6.54 Å². The molecule has 7 nitrogen and oxygen atoms in total. The van der Waals surface area contributed by atoms with Crippen molar-refractivity contribution in [1.29, 1.82) is 0 Å². The highest BCUT2D eigenvalue weighted by atomic mass is 16.2. The average molecular weight is 321 g/mol. The summed E-state index contributed by atoms with van der Waals surface area (Å²) in [4.78, 5) is 23.2. The first-order valence-corrected chi connectivity index (χ1v) is 7.27. The number of carbonyl (C=O) groups is 2. The van der Waals surface area contributed by atoms with E-state index in [-0.39, 0.29) is 11.6 Å². The molecule has 24 heavy (non-hydrogen) atoms. The third-order valence-corrected chi connectivity index (χ3v) is 3.39. The molecule has 3 N–H and O–H groups in total. The number of amides is 2. The summed E-state index contributed by atoms with van der Waals surface area (Å²) in [6.07, 6.45) is 1.58. The van der Waals surface area contributed by atoms with Crippen LogP contribution in [-0.2, 0) is 6.54 Å². The van der Waals surface area contributed by atoms with Crippen molar-refractivity contribution in [2.75, 3.05) is 5.32 Å². The number of nitrogens with two attached hydrogens (primary N) is 1. The Morgan fingerprint density at radius 1 is 1.04 bits per heavy atom. The average Bonchev–Trinajstić information content (AvgIpc) is 3.05. The summed E-state index contributed by atoms with van der Waals surface area (Å²) in [5.74, 6) is -0.891. The van der Waals surface area contributed by atoms with Gasteiger partial charge in [-0.05, 0) is 29.8 Å². The number of anilines is 1. The van der Waals surface area contributed by atoms with E-state index >= 15 is 0 Å². The van der Waals surface area contributed by atoms with Crippen LogP contribution in [0.4, 0.5) is 5.69 Å². The fourth-order valence-electron chi connectivity index (χ4n) is 2.16. The van der Waals surface area contributed by atoms with Crippen LogP contribution in [-0.4, -0.2) is 26.8 Å².